The summed E-state index contributed by atoms with van der Waals surface area (Å²) < 4.78 is 32.0. The van der Waals surface area contributed by atoms with Crippen LogP contribution in [0.15, 0.2) is 47.9 Å². The number of hydrogen-bond donors (Lipinski definition) is 1. The van der Waals surface area contributed by atoms with E-state index in [9.17, 15) is 8.42 Å². The molecule has 20 heavy (non-hydrogen) atoms. The lowest BCUT2D eigenvalue weighted by Gasteiger charge is -1.99. The summed E-state index contributed by atoms with van der Waals surface area (Å²) in [6, 6.07) is 6.27. The summed E-state index contributed by atoms with van der Waals surface area (Å²) >= 11 is 0. The first-order chi connectivity index (χ1) is 9.45. The Bertz CT molecular complexity index is 607. The summed E-state index contributed by atoms with van der Waals surface area (Å²) in [6.07, 6.45) is 8.16. The van der Waals surface area contributed by atoms with E-state index in [0.717, 1.165) is 6.54 Å². The van der Waals surface area contributed by atoms with Crippen molar-refractivity contribution in [2.24, 2.45) is 0 Å². The molecule has 0 radical (unpaired) electrons. The number of benzene rings is 1. The van der Waals surface area contributed by atoms with Gasteiger partial charge in [-0.2, -0.15) is 8.42 Å². The van der Waals surface area contributed by atoms with Gasteiger partial charge in [-0.25, -0.2) is 4.98 Å². The van der Waals surface area contributed by atoms with E-state index in [0.29, 0.717) is 5.56 Å². The number of nitrogens with zero attached hydrogens (tertiary/aromatic N) is 2. The topological polar surface area (TPSA) is 72.2 Å². The average molecular weight is 296 g/mol. The SMILES string of the molecule is CCCCn1ccnc1.Cc1ccccc1S(=O)(=O)O. The van der Waals surface area contributed by atoms with E-state index in [-0.39, 0.29) is 4.90 Å². The van der Waals surface area contributed by atoms with Crippen LogP contribution in [0.2, 0.25) is 0 Å². The molecule has 0 saturated carbocycles. The van der Waals surface area contributed by atoms with E-state index in [1.54, 1.807) is 25.1 Å². The van der Waals surface area contributed by atoms with Crippen molar-refractivity contribution in [3.63, 3.8) is 0 Å². The standard InChI is InChI=1S/C7H12N2.C7H8O3S/c1-2-3-5-9-6-4-8-7-9;1-6-4-2-3-5-7(6)11(8,9)10/h4,6-7H,2-3,5H2,1H3;2-5H,1H3,(H,8,9,10). The molecule has 0 fully saturated rings. The van der Waals surface area contributed by atoms with Gasteiger partial charge in [0.25, 0.3) is 10.1 Å². The van der Waals surface area contributed by atoms with Crippen molar-refractivity contribution < 1.29 is 13.0 Å². The molecule has 6 heteroatoms. The second-order valence-electron chi connectivity index (χ2n) is 4.39. The fraction of sp³-hybridized carbons (Fsp3) is 0.357. The maximum absolute atomic E-state index is 10.6. The minimum Gasteiger partial charge on any atom is -0.337 e. The van der Waals surface area contributed by atoms with E-state index in [2.05, 4.69) is 16.5 Å². The molecule has 0 aliphatic carbocycles. The largest absolute Gasteiger partial charge is 0.337 e. The van der Waals surface area contributed by atoms with E-state index in [1.165, 1.54) is 18.9 Å². The Morgan fingerprint density at radius 2 is 2.00 bits per heavy atom. The summed E-state index contributed by atoms with van der Waals surface area (Å²) in [6.45, 7) is 4.93. The lowest BCUT2D eigenvalue weighted by Crippen LogP contribution is -1.99. The fourth-order valence-corrected chi connectivity index (χ4v) is 2.33. The van der Waals surface area contributed by atoms with Gasteiger partial charge in [0.15, 0.2) is 0 Å². The van der Waals surface area contributed by atoms with Crippen LogP contribution < -0.4 is 0 Å². The van der Waals surface area contributed by atoms with Gasteiger partial charge in [0.05, 0.1) is 11.2 Å². The van der Waals surface area contributed by atoms with Crippen molar-refractivity contribution in [1.29, 1.82) is 0 Å². The third kappa shape index (κ3) is 5.54. The van der Waals surface area contributed by atoms with Gasteiger partial charge in [-0.05, 0) is 25.0 Å². The Balaban J connectivity index is 0.000000204. The molecular formula is C14H20N2O3S. The maximum atomic E-state index is 10.6. The summed E-state index contributed by atoms with van der Waals surface area (Å²) in [4.78, 5) is 3.91. The monoisotopic (exact) mass is 296 g/mol. The molecule has 1 heterocycles. The molecule has 0 saturated heterocycles. The van der Waals surface area contributed by atoms with E-state index in [4.69, 9.17) is 4.55 Å². The van der Waals surface area contributed by atoms with Crippen molar-refractivity contribution in [3.05, 3.63) is 48.5 Å². The van der Waals surface area contributed by atoms with Crippen LogP contribution in [0.5, 0.6) is 0 Å². The number of unbranched alkanes of at least 4 members (excludes halogenated alkanes) is 1. The minimum atomic E-state index is -4.03. The second-order valence-corrected chi connectivity index (χ2v) is 5.78. The van der Waals surface area contributed by atoms with Crippen molar-refractivity contribution in [1.82, 2.24) is 9.55 Å². The molecule has 110 valence electrons. The summed E-state index contributed by atoms with van der Waals surface area (Å²) in [5.74, 6) is 0. The highest BCUT2D eigenvalue weighted by atomic mass is 32.2. The number of aryl methyl sites for hydroxylation is 2. The number of hydrogen-bond acceptors (Lipinski definition) is 3. The van der Waals surface area contributed by atoms with E-state index >= 15 is 0 Å². The zero-order valence-electron chi connectivity index (χ0n) is 11.7. The molecule has 5 nitrogen and oxygen atoms in total. The predicted octanol–water partition coefficient (Wildman–Crippen LogP) is 2.92. The van der Waals surface area contributed by atoms with E-state index in [1.807, 2.05) is 18.7 Å². The highest BCUT2D eigenvalue weighted by Gasteiger charge is 2.10. The van der Waals surface area contributed by atoms with Crippen LogP contribution in [0.1, 0.15) is 25.3 Å². The van der Waals surface area contributed by atoms with E-state index < -0.39 is 10.1 Å². The van der Waals surface area contributed by atoms with Crippen LogP contribution >= 0.6 is 0 Å². The molecule has 2 aromatic rings. The molecule has 1 aromatic heterocycles. The Hall–Kier alpha value is -1.66. The molecule has 0 amide bonds. The minimum absolute atomic E-state index is 0.0278. The summed E-state index contributed by atoms with van der Waals surface area (Å²) in [5, 5.41) is 0. The third-order valence-electron chi connectivity index (χ3n) is 2.70. The summed E-state index contributed by atoms with van der Waals surface area (Å²) in [5.41, 5.74) is 0.551. The first kappa shape index (κ1) is 16.4. The van der Waals surface area contributed by atoms with Crippen LogP contribution in [0.3, 0.4) is 0 Å². The Morgan fingerprint density at radius 3 is 2.45 bits per heavy atom. The van der Waals surface area contributed by atoms with Crippen molar-refractivity contribution in [2.75, 3.05) is 0 Å². The van der Waals surface area contributed by atoms with Gasteiger partial charge in [-0.3, -0.25) is 4.55 Å². The molecule has 0 aliphatic rings. The van der Waals surface area contributed by atoms with Crippen molar-refractivity contribution in [2.45, 2.75) is 38.1 Å². The average Bonchev–Trinajstić information content (AvgIpc) is 2.89. The molecule has 0 unspecified atom stereocenters. The van der Waals surface area contributed by atoms with Gasteiger partial charge >= 0.3 is 0 Å². The lowest BCUT2D eigenvalue weighted by molar-refractivity contribution is 0.482. The number of aromatic nitrogens is 2. The summed E-state index contributed by atoms with van der Waals surface area (Å²) in [7, 11) is -4.03. The normalized spacial score (nSPS) is 10.8. The first-order valence-corrected chi connectivity index (χ1v) is 7.88. The maximum Gasteiger partial charge on any atom is 0.294 e. The zero-order valence-corrected chi connectivity index (χ0v) is 12.5. The molecule has 0 atom stereocenters. The molecule has 1 aromatic carbocycles. The van der Waals surface area contributed by atoms with Gasteiger partial charge < -0.3 is 4.57 Å². The second kappa shape index (κ2) is 7.81. The fourth-order valence-electron chi connectivity index (χ4n) is 1.61. The molecule has 1 N–H and O–H groups in total. The van der Waals surface area contributed by atoms with Gasteiger partial charge in [0.2, 0.25) is 0 Å². The van der Waals surface area contributed by atoms with Crippen molar-refractivity contribution in [3.8, 4) is 0 Å². The van der Waals surface area contributed by atoms with Crippen LogP contribution in [-0.2, 0) is 16.7 Å². The highest BCUT2D eigenvalue weighted by Crippen LogP contribution is 2.12. The Morgan fingerprint density at radius 1 is 1.30 bits per heavy atom. The predicted molar refractivity (Wildman–Crippen MR) is 78.1 cm³/mol. The van der Waals surface area contributed by atoms with Gasteiger partial charge in [0, 0.05) is 18.9 Å². The van der Waals surface area contributed by atoms with Crippen molar-refractivity contribution >= 4 is 10.1 Å². The van der Waals surface area contributed by atoms with Crippen LogP contribution in [0, 0.1) is 6.92 Å². The van der Waals surface area contributed by atoms with Crippen LogP contribution in [-0.4, -0.2) is 22.5 Å². The third-order valence-corrected chi connectivity index (χ3v) is 3.71. The van der Waals surface area contributed by atoms with Crippen LogP contribution in [0.4, 0.5) is 0 Å². The smallest absolute Gasteiger partial charge is 0.294 e. The Kier molecular flexibility index (Phi) is 6.41. The highest BCUT2D eigenvalue weighted by molar-refractivity contribution is 7.85. The molecule has 0 spiro atoms. The lowest BCUT2D eigenvalue weighted by atomic mass is 10.2. The molecule has 0 bridgehead atoms. The molecule has 2 rings (SSSR count). The van der Waals surface area contributed by atoms with Gasteiger partial charge in [-0.15, -0.1) is 0 Å². The quantitative estimate of drug-likeness (QED) is 0.880. The van der Waals surface area contributed by atoms with Gasteiger partial charge in [-0.1, -0.05) is 31.5 Å². The van der Waals surface area contributed by atoms with Gasteiger partial charge in [0.1, 0.15) is 0 Å². The first-order valence-electron chi connectivity index (χ1n) is 6.44. The number of rotatable bonds is 4. The van der Waals surface area contributed by atoms with Crippen LogP contribution in [0.25, 0.3) is 0 Å². The molecular weight excluding hydrogens is 276 g/mol. The Labute approximate surface area is 120 Å². The molecule has 0 aliphatic heterocycles. The number of imidazole rings is 1. The zero-order chi connectivity index (χ0) is 15.0.